The third kappa shape index (κ3) is 2.50. The van der Waals surface area contributed by atoms with Crippen LogP contribution >= 0.6 is 23.5 Å². The van der Waals surface area contributed by atoms with Gasteiger partial charge in [0.25, 0.3) is 0 Å². The summed E-state index contributed by atoms with van der Waals surface area (Å²) < 4.78 is 4.81. The molecule has 0 aromatic rings. The quantitative estimate of drug-likeness (QED) is 0.652. The van der Waals surface area contributed by atoms with E-state index in [1.54, 1.807) is 0 Å². The first-order valence-corrected chi connectivity index (χ1v) is 6.64. The number of carbonyl (C=O) groups is 1. The minimum Gasteiger partial charge on any atom is -0.467 e. The summed E-state index contributed by atoms with van der Waals surface area (Å²) in [6, 6.07) is 0. The van der Waals surface area contributed by atoms with E-state index in [-0.39, 0.29) is 16.2 Å². The van der Waals surface area contributed by atoms with E-state index >= 15 is 0 Å². The van der Waals surface area contributed by atoms with Gasteiger partial charge in [0.1, 0.15) is 0 Å². The number of ether oxygens (including phenoxy) is 1. The summed E-state index contributed by atoms with van der Waals surface area (Å²) in [5.41, 5.74) is 0. The molecule has 2 aliphatic rings. The van der Waals surface area contributed by atoms with E-state index in [2.05, 4.69) is 26.9 Å². The lowest BCUT2D eigenvalue weighted by Gasteiger charge is -2.40. The molecule has 0 aromatic heterocycles. The van der Waals surface area contributed by atoms with Crippen LogP contribution in [0.3, 0.4) is 0 Å². The van der Waals surface area contributed by atoms with Gasteiger partial charge in [0.2, 0.25) is 0 Å². The lowest BCUT2D eigenvalue weighted by Crippen LogP contribution is -2.62. The van der Waals surface area contributed by atoms with Gasteiger partial charge < -0.3 is 4.74 Å². The highest BCUT2D eigenvalue weighted by Crippen LogP contribution is 2.41. The molecule has 0 bridgehead atoms. The first-order chi connectivity index (χ1) is 7.26. The topological polar surface area (TPSA) is 50.4 Å². The van der Waals surface area contributed by atoms with E-state index in [4.69, 9.17) is 0 Å². The van der Waals surface area contributed by atoms with Crippen LogP contribution < -0.4 is 10.6 Å². The second-order valence-electron chi connectivity index (χ2n) is 3.43. The molecule has 2 rings (SSSR count). The fourth-order valence-corrected chi connectivity index (χ4v) is 3.97. The van der Waals surface area contributed by atoms with Gasteiger partial charge in [0.15, 0.2) is 6.17 Å². The highest BCUT2D eigenvalue weighted by Gasteiger charge is 2.38. The Labute approximate surface area is 97.6 Å². The molecule has 0 aliphatic carbocycles. The number of thioether (sulfide) groups is 2. The molecule has 0 saturated carbocycles. The molecule has 15 heavy (non-hydrogen) atoms. The smallest absolute Gasteiger partial charge is 0.337 e. The Morgan fingerprint density at radius 1 is 1.53 bits per heavy atom. The number of methoxy groups -OCH3 is 1. The zero-order valence-corrected chi connectivity index (χ0v) is 10.1. The average molecular weight is 246 g/mol. The number of rotatable bonds is 1. The van der Waals surface area contributed by atoms with Crippen molar-refractivity contribution >= 4 is 29.5 Å². The average Bonchev–Trinajstić information content (AvgIpc) is 2.30. The van der Waals surface area contributed by atoms with Crippen LogP contribution in [0.4, 0.5) is 0 Å². The number of carbonyl (C=O) groups excluding carboxylic acids is 1. The van der Waals surface area contributed by atoms with Crippen LogP contribution in [0.2, 0.25) is 0 Å². The largest absolute Gasteiger partial charge is 0.467 e. The molecule has 1 saturated heterocycles. The van der Waals surface area contributed by atoms with Gasteiger partial charge in [-0.25, -0.2) is 4.79 Å². The van der Waals surface area contributed by atoms with Crippen LogP contribution in [-0.4, -0.2) is 42.2 Å². The number of nitrogens with one attached hydrogen (secondary N) is 2. The summed E-state index contributed by atoms with van der Waals surface area (Å²) in [5.74, 6) is 0.797. The first kappa shape index (κ1) is 11.3. The van der Waals surface area contributed by atoms with Gasteiger partial charge in [-0.1, -0.05) is 6.08 Å². The maximum Gasteiger partial charge on any atom is 0.337 e. The molecular formula is C9H14N2O2S2. The number of esters is 1. The number of hydrogen-bond donors (Lipinski definition) is 2. The molecule has 0 unspecified atom stereocenters. The fraction of sp³-hybridized carbons (Fsp3) is 0.667. The molecule has 2 N–H and O–H groups in total. The summed E-state index contributed by atoms with van der Waals surface area (Å²) in [4.78, 5) is 11.3. The standard InChI is InChI=1S/C9H14N2O2S2/c1-13-8(12)7-10-5-9(6-11-7)14-3-2-4-15-9/h2-3,7,10-11H,4-6H2,1H3. The molecule has 2 aliphatic heterocycles. The monoisotopic (exact) mass is 246 g/mol. The molecule has 1 fully saturated rings. The van der Waals surface area contributed by atoms with E-state index in [1.807, 2.05) is 23.5 Å². The van der Waals surface area contributed by atoms with Crippen molar-refractivity contribution in [2.45, 2.75) is 10.2 Å². The Morgan fingerprint density at radius 3 is 2.80 bits per heavy atom. The van der Waals surface area contributed by atoms with Crippen molar-refractivity contribution in [3.63, 3.8) is 0 Å². The normalized spacial score (nSPS) is 35.4. The van der Waals surface area contributed by atoms with Gasteiger partial charge in [-0.15, -0.1) is 23.5 Å². The van der Waals surface area contributed by atoms with Crippen LogP contribution in [0, 0.1) is 0 Å². The van der Waals surface area contributed by atoms with Crippen molar-refractivity contribution in [1.29, 1.82) is 0 Å². The summed E-state index contributed by atoms with van der Waals surface area (Å²) >= 11 is 3.72. The molecule has 0 aromatic carbocycles. The third-order valence-corrected chi connectivity index (χ3v) is 5.27. The third-order valence-electron chi connectivity index (χ3n) is 2.41. The molecule has 2 heterocycles. The van der Waals surface area contributed by atoms with Gasteiger partial charge in [0, 0.05) is 18.8 Å². The van der Waals surface area contributed by atoms with E-state index in [0.717, 1.165) is 18.8 Å². The van der Waals surface area contributed by atoms with Gasteiger partial charge in [-0.3, -0.25) is 10.6 Å². The second kappa shape index (κ2) is 4.78. The zero-order valence-electron chi connectivity index (χ0n) is 8.49. The van der Waals surface area contributed by atoms with Gasteiger partial charge in [-0.2, -0.15) is 0 Å². The Morgan fingerprint density at radius 2 is 2.27 bits per heavy atom. The van der Waals surface area contributed by atoms with Crippen LogP contribution in [0.5, 0.6) is 0 Å². The lowest BCUT2D eigenvalue weighted by atomic mass is 10.3. The van der Waals surface area contributed by atoms with E-state index in [1.165, 1.54) is 7.11 Å². The maximum atomic E-state index is 11.3. The lowest BCUT2D eigenvalue weighted by molar-refractivity contribution is -0.144. The molecule has 0 amide bonds. The van der Waals surface area contributed by atoms with Crippen molar-refractivity contribution in [3.8, 4) is 0 Å². The van der Waals surface area contributed by atoms with Gasteiger partial charge in [0.05, 0.1) is 11.2 Å². The molecular weight excluding hydrogens is 232 g/mol. The predicted octanol–water partition coefficient (Wildman–Crippen LogP) is 0.368. The van der Waals surface area contributed by atoms with Crippen molar-refractivity contribution < 1.29 is 9.53 Å². The highest BCUT2D eigenvalue weighted by atomic mass is 32.2. The Hall–Kier alpha value is -0.170. The Bertz CT molecular complexity index is 275. The molecule has 6 heteroatoms. The zero-order chi connectivity index (χ0) is 10.7. The fourth-order valence-electron chi connectivity index (χ4n) is 1.57. The van der Waals surface area contributed by atoms with Crippen molar-refractivity contribution in [3.05, 3.63) is 11.5 Å². The summed E-state index contributed by atoms with van der Waals surface area (Å²) in [5, 5.41) is 8.48. The van der Waals surface area contributed by atoms with Crippen molar-refractivity contribution in [2.24, 2.45) is 0 Å². The highest BCUT2D eigenvalue weighted by molar-refractivity contribution is 8.20. The second-order valence-corrected chi connectivity index (χ2v) is 6.38. The minimum absolute atomic E-state index is 0.138. The van der Waals surface area contributed by atoms with Gasteiger partial charge >= 0.3 is 5.97 Å². The van der Waals surface area contributed by atoms with E-state index < -0.39 is 0 Å². The van der Waals surface area contributed by atoms with Gasteiger partial charge in [-0.05, 0) is 5.41 Å². The molecule has 0 radical (unpaired) electrons. The van der Waals surface area contributed by atoms with Crippen LogP contribution in [-0.2, 0) is 9.53 Å². The van der Waals surface area contributed by atoms with E-state index in [0.29, 0.717) is 0 Å². The molecule has 84 valence electrons. The van der Waals surface area contributed by atoms with Crippen molar-refractivity contribution in [1.82, 2.24) is 10.6 Å². The van der Waals surface area contributed by atoms with Crippen molar-refractivity contribution in [2.75, 3.05) is 26.0 Å². The van der Waals surface area contributed by atoms with Crippen LogP contribution in [0.1, 0.15) is 0 Å². The summed E-state index contributed by atoms with van der Waals surface area (Å²) in [7, 11) is 1.41. The maximum absolute atomic E-state index is 11.3. The summed E-state index contributed by atoms with van der Waals surface area (Å²) in [6.07, 6.45) is 1.81. The van der Waals surface area contributed by atoms with Crippen LogP contribution in [0.25, 0.3) is 0 Å². The summed E-state index contributed by atoms with van der Waals surface area (Å²) in [6.45, 7) is 1.64. The predicted molar refractivity (Wildman–Crippen MR) is 63.7 cm³/mol. The first-order valence-electron chi connectivity index (χ1n) is 4.77. The SMILES string of the molecule is COC(=O)C1NCC2(CN1)SC=CCS2. The molecule has 1 spiro atoms. The molecule has 4 nitrogen and oxygen atoms in total. The van der Waals surface area contributed by atoms with E-state index in [9.17, 15) is 4.79 Å². The minimum atomic E-state index is -0.354. The molecule has 0 atom stereocenters. The Balaban J connectivity index is 1.91. The van der Waals surface area contributed by atoms with Crippen LogP contribution in [0.15, 0.2) is 11.5 Å². The number of hydrogen-bond acceptors (Lipinski definition) is 6. The Kier molecular flexibility index (Phi) is 3.60.